The van der Waals surface area contributed by atoms with Crippen molar-refractivity contribution in [3.63, 3.8) is 0 Å². The topological polar surface area (TPSA) is 75.4 Å². The van der Waals surface area contributed by atoms with Gasteiger partial charge in [0.1, 0.15) is 5.60 Å². The molecule has 23 heavy (non-hydrogen) atoms. The largest absolute Gasteiger partial charge is 0.379 e. The maximum atomic E-state index is 11.8. The van der Waals surface area contributed by atoms with Gasteiger partial charge in [-0.15, -0.1) is 0 Å². The summed E-state index contributed by atoms with van der Waals surface area (Å²) in [4.78, 5) is 11.8. The van der Waals surface area contributed by atoms with Gasteiger partial charge in [-0.05, 0) is 42.3 Å². The monoisotopic (exact) mass is 396 g/mol. The lowest BCUT2D eigenvalue weighted by atomic mass is 9.86. The minimum atomic E-state index is -1.38. The van der Waals surface area contributed by atoms with E-state index in [0.717, 1.165) is 4.47 Å². The van der Waals surface area contributed by atoms with Crippen LogP contribution in [-0.2, 0) is 10.4 Å². The molecule has 2 atom stereocenters. The number of halogens is 2. The first kappa shape index (κ1) is 17.9. The van der Waals surface area contributed by atoms with Crippen LogP contribution in [0, 0.1) is 0 Å². The Bertz CT molecular complexity index is 626. The van der Waals surface area contributed by atoms with Crippen LogP contribution in [0.15, 0.2) is 53.0 Å². The smallest absolute Gasteiger partial charge is 0.236 e. The molecule has 2 rings (SSSR count). The highest BCUT2D eigenvalue weighted by Crippen LogP contribution is 2.31. The molecule has 1 amide bonds. The zero-order chi connectivity index (χ0) is 17.0. The number of amides is 1. The summed E-state index contributed by atoms with van der Waals surface area (Å²) in [6, 6.07) is 13.5. The molecule has 4 nitrogen and oxygen atoms in total. The fraction of sp³-hybridized carbons (Fsp3) is 0.235. The van der Waals surface area contributed by atoms with Crippen LogP contribution < -0.4 is 11.1 Å². The van der Waals surface area contributed by atoms with Gasteiger partial charge in [0, 0.05) is 9.50 Å². The van der Waals surface area contributed by atoms with Crippen molar-refractivity contribution in [1.29, 1.82) is 0 Å². The lowest BCUT2D eigenvalue weighted by molar-refractivity contribution is -0.123. The highest BCUT2D eigenvalue weighted by molar-refractivity contribution is 9.10. The van der Waals surface area contributed by atoms with Crippen LogP contribution >= 0.6 is 27.5 Å². The van der Waals surface area contributed by atoms with Crippen LogP contribution in [0.25, 0.3) is 0 Å². The average molecular weight is 398 g/mol. The van der Waals surface area contributed by atoms with Gasteiger partial charge in [-0.3, -0.25) is 4.79 Å². The van der Waals surface area contributed by atoms with E-state index in [0.29, 0.717) is 16.1 Å². The average Bonchev–Trinajstić information content (AvgIpc) is 2.53. The summed E-state index contributed by atoms with van der Waals surface area (Å²) < 4.78 is 0.902. The van der Waals surface area contributed by atoms with Gasteiger partial charge in [0.05, 0.1) is 12.6 Å². The maximum absolute atomic E-state index is 11.8. The molecule has 0 aliphatic carbocycles. The van der Waals surface area contributed by atoms with E-state index in [1.54, 1.807) is 43.3 Å². The number of hydrogen-bond acceptors (Lipinski definition) is 3. The van der Waals surface area contributed by atoms with Gasteiger partial charge in [-0.25, -0.2) is 0 Å². The van der Waals surface area contributed by atoms with Gasteiger partial charge in [0.25, 0.3) is 0 Å². The molecule has 0 heterocycles. The van der Waals surface area contributed by atoms with Gasteiger partial charge < -0.3 is 16.2 Å². The first-order valence-electron chi connectivity index (χ1n) is 7.10. The van der Waals surface area contributed by atoms with E-state index in [4.69, 9.17) is 17.3 Å². The predicted octanol–water partition coefficient (Wildman–Crippen LogP) is 2.80. The number of aliphatic hydroxyl groups is 1. The third-order valence-corrected chi connectivity index (χ3v) is 4.36. The standard InChI is InChI=1S/C17H18BrClN2O2/c1-11(20)16(22)21-10-17(23,12-2-6-14(18)7-3-12)13-4-8-15(19)9-5-13/h2-9,11,23H,10,20H2,1H3,(H,21,22)/t11-,17?/m0/s1. The quantitative estimate of drug-likeness (QED) is 0.726. The Hall–Kier alpha value is -1.40. The van der Waals surface area contributed by atoms with Crippen LogP contribution in [0.5, 0.6) is 0 Å². The molecule has 0 aliphatic rings. The van der Waals surface area contributed by atoms with E-state index in [-0.39, 0.29) is 12.5 Å². The number of nitrogens with one attached hydrogen (secondary N) is 1. The summed E-state index contributed by atoms with van der Waals surface area (Å²) in [5.74, 6) is -0.325. The van der Waals surface area contributed by atoms with E-state index in [9.17, 15) is 9.90 Å². The summed E-state index contributed by atoms with van der Waals surface area (Å²) in [7, 11) is 0. The summed E-state index contributed by atoms with van der Waals surface area (Å²) >= 11 is 9.30. The van der Waals surface area contributed by atoms with Crippen molar-refractivity contribution in [2.75, 3.05) is 6.54 Å². The molecular formula is C17H18BrClN2O2. The van der Waals surface area contributed by atoms with E-state index in [2.05, 4.69) is 21.2 Å². The SMILES string of the molecule is C[C@H](N)C(=O)NCC(O)(c1ccc(Cl)cc1)c1ccc(Br)cc1. The minimum absolute atomic E-state index is 0.0106. The predicted molar refractivity (Wildman–Crippen MR) is 95.3 cm³/mol. The Morgan fingerprint density at radius 2 is 1.70 bits per heavy atom. The number of carbonyl (C=O) groups excluding carboxylic acids is 1. The highest BCUT2D eigenvalue weighted by atomic mass is 79.9. The molecule has 0 radical (unpaired) electrons. The Kier molecular flexibility index (Phi) is 5.81. The first-order chi connectivity index (χ1) is 10.8. The zero-order valence-corrected chi connectivity index (χ0v) is 14.9. The molecule has 0 aromatic heterocycles. The molecule has 2 aromatic carbocycles. The van der Waals surface area contributed by atoms with E-state index in [1.165, 1.54) is 0 Å². The summed E-state index contributed by atoms with van der Waals surface area (Å²) in [5, 5.41) is 14.5. The van der Waals surface area contributed by atoms with Crippen molar-refractivity contribution in [3.05, 3.63) is 69.2 Å². The van der Waals surface area contributed by atoms with Gasteiger partial charge in [0.15, 0.2) is 0 Å². The molecule has 6 heteroatoms. The van der Waals surface area contributed by atoms with Crippen LogP contribution in [0.1, 0.15) is 18.1 Å². The molecule has 122 valence electrons. The van der Waals surface area contributed by atoms with Gasteiger partial charge in [-0.1, -0.05) is 51.8 Å². The van der Waals surface area contributed by atoms with E-state index >= 15 is 0 Å². The number of benzene rings is 2. The summed E-state index contributed by atoms with van der Waals surface area (Å²) in [6.07, 6.45) is 0. The summed E-state index contributed by atoms with van der Waals surface area (Å²) in [6.45, 7) is 1.60. The molecule has 4 N–H and O–H groups in total. The van der Waals surface area contributed by atoms with Crippen molar-refractivity contribution in [3.8, 4) is 0 Å². The molecule has 0 bridgehead atoms. The Balaban J connectivity index is 2.39. The van der Waals surface area contributed by atoms with Crippen molar-refractivity contribution in [2.24, 2.45) is 5.73 Å². The van der Waals surface area contributed by atoms with E-state index < -0.39 is 11.6 Å². The van der Waals surface area contributed by atoms with Crippen molar-refractivity contribution >= 4 is 33.4 Å². The Morgan fingerprint density at radius 3 is 2.17 bits per heavy atom. The molecule has 0 fully saturated rings. The highest BCUT2D eigenvalue weighted by Gasteiger charge is 2.32. The second-order valence-corrected chi connectivity index (χ2v) is 6.73. The van der Waals surface area contributed by atoms with E-state index in [1.807, 2.05) is 12.1 Å². The molecule has 2 aromatic rings. The Morgan fingerprint density at radius 1 is 1.22 bits per heavy atom. The number of carbonyl (C=O) groups is 1. The van der Waals surface area contributed by atoms with Crippen molar-refractivity contribution < 1.29 is 9.90 Å². The lowest BCUT2D eigenvalue weighted by Crippen LogP contribution is -2.46. The maximum Gasteiger partial charge on any atom is 0.236 e. The van der Waals surface area contributed by atoms with Gasteiger partial charge in [0.2, 0.25) is 5.91 Å². The number of rotatable bonds is 5. The number of hydrogen-bond donors (Lipinski definition) is 3. The first-order valence-corrected chi connectivity index (χ1v) is 8.28. The second-order valence-electron chi connectivity index (χ2n) is 5.38. The fourth-order valence-corrected chi connectivity index (χ4v) is 2.59. The zero-order valence-electron chi connectivity index (χ0n) is 12.6. The lowest BCUT2D eigenvalue weighted by Gasteiger charge is -2.30. The number of nitrogens with two attached hydrogens (primary N) is 1. The minimum Gasteiger partial charge on any atom is -0.379 e. The second kappa shape index (κ2) is 7.45. The van der Waals surface area contributed by atoms with Gasteiger partial charge in [-0.2, -0.15) is 0 Å². The molecular weight excluding hydrogens is 380 g/mol. The molecule has 0 spiro atoms. The van der Waals surface area contributed by atoms with Crippen LogP contribution in [0.3, 0.4) is 0 Å². The Labute approximate surface area is 148 Å². The van der Waals surface area contributed by atoms with Crippen molar-refractivity contribution in [1.82, 2.24) is 5.32 Å². The molecule has 0 aliphatic heterocycles. The van der Waals surface area contributed by atoms with Crippen LogP contribution in [0.4, 0.5) is 0 Å². The van der Waals surface area contributed by atoms with Crippen molar-refractivity contribution in [2.45, 2.75) is 18.6 Å². The summed E-state index contributed by atoms with van der Waals surface area (Å²) in [5.41, 5.74) is 5.48. The van der Waals surface area contributed by atoms with Crippen LogP contribution in [-0.4, -0.2) is 23.6 Å². The van der Waals surface area contributed by atoms with Crippen LogP contribution in [0.2, 0.25) is 5.02 Å². The normalized spacial score (nSPS) is 14.8. The molecule has 0 saturated heterocycles. The fourth-order valence-electron chi connectivity index (χ4n) is 2.20. The molecule has 0 saturated carbocycles. The third kappa shape index (κ3) is 4.32. The van der Waals surface area contributed by atoms with Gasteiger partial charge >= 0.3 is 0 Å². The molecule has 1 unspecified atom stereocenters. The third-order valence-electron chi connectivity index (χ3n) is 3.58.